The average molecular weight is 731 g/mol. The van der Waals surface area contributed by atoms with Crippen molar-refractivity contribution >= 4 is 32.6 Å². The number of nitrogens with one attached hydrogen (secondary N) is 2. The molecule has 4 atom stereocenters. The Morgan fingerprint density at radius 1 is 0.923 bits per heavy atom. The number of halogens is 1. The number of sulfonamides is 1. The fourth-order valence-electron chi connectivity index (χ4n) is 6.85. The van der Waals surface area contributed by atoms with Gasteiger partial charge in [0.25, 0.3) is 0 Å². The van der Waals surface area contributed by atoms with Crippen molar-refractivity contribution in [3.63, 3.8) is 0 Å². The third kappa shape index (κ3) is 9.76. The number of piperidine rings is 1. The van der Waals surface area contributed by atoms with E-state index in [4.69, 9.17) is 4.74 Å². The monoisotopic (exact) mass is 730 g/mol. The molecule has 0 radical (unpaired) electrons. The van der Waals surface area contributed by atoms with Gasteiger partial charge in [-0.3, -0.25) is 14.5 Å². The number of hydrogen-bond acceptors (Lipinski definition) is 6. The van der Waals surface area contributed by atoms with Crippen LogP contribution in [0.3, 0.4) is 0 Å². The minimum absolute atomic E-state index is 0.00811. The van der Waals surface area contributed by atoms with Gasteiger partial charge in [0, 0.05) is 44.6 Å². The molecule has 2 N–H and O–H groups in total. The summed E-state index contributed by atoms with van der Waals surface area (Å²) in [5, 5.41) is 4.37. The molecule has 11 heteroatoms. The van der Waals surface area contributed by atoms with Crippen molar-refractivity contribution in [2.75, 3.05) is 14.2 Å². The van der Waals surface area contributed by atoms with Crippen LogP contribution in [-0.4, -0.2) is 68.4 Å². The number of methoxy groups -OCH3 is 1. The highest BCUT2D eigenvalue weighted by Gasteiger charge is 2.30. The number of hydrogen-bond donors (Lipinski definition) is 2. The van der Waals surface area contributed by atoms with Crippen LogP contribution in [-0.2, 0) is 32.6 Å². The first-order valence-corrected chi connectivity index (χ1v) is 19.5. The molecule has 0 aromatic heterocycles. The molecule has 1 aliphatic rings. The molecule has 5 rings (SSSR count). The van der Waals surface area contributed by atoms with Crippen LogP contribution in [0.15, 0.2) is 89.8 Å². The lowest BCUT2D eigenvalue weighted by atomic mass is 9.96. The fourth-order valence-corrected chi connectivity index (χ4v) is 8.11. The predicted octanol–water partition coefficient (Wildman–Crippen LogP) is 6.75. The molecule has 0 spiro atoms. The summed E-state index contributed by atoms with van der Waals surface area (Å²) in [5.74, 6) is -0.744. The van der Waals surface area contributed by atoms with Crippen molar-refractivity contribution < 1.29 is 27.1 Å². The van der Waals surface area contributed by atoms with Crippen molar-refractivity contribution in [1.82, 2.24) is 19.8 Å². The summed E-state index contributed by atoms with van der Waals surface area (Å²) in [4.78, 5) is 31.6. The maximum atomic E-state index is 14.4. The number of carbonyl (C=O) groups excluding carboxylic acids is 2. The molecule has 0 saturated carbocycles. The standard InChI is InChI=1S/C41H51FN4O5S/c1-27(2)45(5)41(48)39(21-30-13-15-31(16-14-30)26-46-28(3)9-7-10-29(46)4)43-40(47)25-38(34-11-8-12-35(42)22-34)44-52(49,50)37-20-18-32-23-36(51-6)19-17-33(32)24-37/h8,11-20,22-24,27-29,38-39,44H,7,9-10,21,25-26H2,1-6H3,(H,43,47)/t28?,29?,38-,39+/m0/s1. The first-order chi connectivity index (χ1) is 24.7. The quantitative estimate of drug-likeness (QED) is 0.149. The number of carbonyl (C=O) groups is 2. The topological polar surface area (TPSA) is 108 Å². The Hall–Kier alpha value is -4.32. The van der Waals surface area contributed by atoms with E-state index in [1.807, 2.05) is 26.0 Å². The van der Waals surface area contributed by atoms with Crippen molar-refractivity contribution in [1.29, 1.82) is 0 Å². The van der Waals surface area contributed by atoms with Crippen LogP contribution in [0.5, 0.6) is 5.75 Å². The minimum atomic E-state index is -4.18. The smallest absolute Gasteiger partial charge is 0.245 e. The SMILES string of the molecule is COc1ccc2cc(S(=O)(=O)N[C@@H](CC(=O)N[C@H](Cc3ccc(CN4C(C)CCCC4C)cc3)C(=O)N(C)C(C)C)c3cccc(F)c3)ccc2c1. The van der Waals surface area contributed by atoms with E-state index in [0.29, 0.717) is 23.2 Å². The third-order valence-corrected chi connectivity index (χ3v) is 11.7. The number of rotatable bonds is 14. The second-order valence-electron chi connectivity index (χ2n) is 14.3. The first-order valence-electron chi connectivity index (χ1n) is 18.0. The van der Waals surface area contributed by atoms with Gasteiger partial charge in [-0.15, -0.1) is 0 Å². The Bertz CT molecular complexity index is 1960. The highest BCUT2D eigenvalue weighted by atomic mass is 32.2. The van der Waals surface area contributed by atoms with Gasteiger partial charge in [0.05, 0.1) is 18.0 Å². The molecule has 278 valence electrons. The number of likely N-dealkylation sites (N-methyl/N-ethyl adjacent to an activating group) is 1. The number of amides is 2. The third-order valence-electron chi connectivity index (χ3n) is 10.2. The molecule has 0 aliphatic carbocycles. The van der Waals surface area contributed by atoms with Gasteiger partial charge >= 0.3 is 0 Å². The molecular weight excluding hydrogens is 680 g/mol. The predicted molar refractivity (Wildman–Crippen MR) is 203 cm³/mol. The van der Waals surface area contributed by atoms with Crippen molar-refractivity contribution in [3.8, 4) is 5.75 Å². The van der Waals surface area contributed by atoms with E-state index >= 15 is 0 Å². The molecule has 9 nitrogen and oxygen atoms in total. The van der Waals surface area contributed by atoms with Gasteiger partial charge in [0.2, 0.25) is 21.8 Å². The largest absolute Gasteiger partial charge is 0.497 e. The first kappa shape index (κ1) is 38.9. The number of nitrogens with zero attached hydrogens (tertiary/aromatic N) is 2. The molecule has 1 aliphatic heterocycles. The van der Waals surface area contributed by atoms with Gasteiger partial charge in [-0.05, 0) is 104 Å². The average Bonchev–Trinajstić information content (AvgIpc) is 3.12. The van der Waals surface area contributed by atoms with E-state index in [9.17, 15) is 22.4 Å². The van der Waals surface area contributed by atoms with Crippen molar-refractivity contribution in [2.45, 2.75) is 101 Å². The minimum Gasteiger partial charge on any atom is -0.497 e. The molecule has 4 aromatic carbocycles. The van der Waals surface area contributed by atoms with Gasteiger partial charge in [0.1, 0.15) is 17.6 Å². The lowest BCUT2D eigenvalue weighted by molar-refractivity contribution is -0.136. The van der Waals surface area contributed by atoms with E-state index < -0.39 is 33.8 Å². The van der Waals surface area contributed by atoms with Crippen LogP contribution in [0, 0.1) is 5.82 Å². The summed E-state index contributed by atoms with van der Waals surface area (Å²) in [6.45, 7) is 9.19. The highest BCUT2D eigenvalue weighted by Crippen LogP contribution is 2.27. The summed E-state index contributed by atoms with van der Waals surface area (Å²) < 4.78 is 49.8. The van der Waals surface area contributed by atoms with Crippen molar-refractivity contribution in [2.24, 2.45) is 0 Å². The molecule has 1 fully saturated rings. The van der Waals surface area contributed by atoms with Crippen LogP contribution in [0.25, 0.3) is 10.8 Å². The lowest BCUT2D eigenvalue weighted by Crippen LogP contribution is -2.50. The molecule has 52 heavy (non-hydrogen) atoms. The van der Waals surface area contributed by atoms with E-state index in [0.717, 1.165) is 17.5 Å². The summed E-state index contributed by atoms with van der Waals surface area (Å²) in [6.07, 6.45) is 3.51. The summed E-state index contributed by atoms with van der Waals surface area (Å²) in [5.41, 5.74) is 2.35. The molecule has 2 amide bonds. The molecule has 2 unspecified atom stereocenters. The summed E-state index contributed by atoms with van der Waals surface area (Å²) >= 11 is 0. The summed E-state index contributed by atoms with van der Waals surface area (Å²) in [7, 11) is -0.924. The molecule has 1 heterocycles. The normalized spacial score (nSPS) is 17.8. The molecule has 4 aromatic rings. The molecule has 1 saturated heterocycles. The van der Waals surface area contributed by atoms with E-state index in [1.54, 1.807) is 49.4 Å². The zero-order valence-corrected chi connectivity index (χ0v) is 31.8. The van der Waals surface area contributed by atoms with Crippen LogP contribution in [0.2, 0.25) is 0 Å². The van der Waals surface area contributed by atoms with E-state index in [2.05, 4.69) is 40.9 Å². The summed E-state index contributed by atoms with van der Waals surface area (Å²) in [6, 6.07) is 22.5. The van der Waals surface area contributed by atoms with Crippen LogP contribution in [0.4, 0.5) is 4.39 Å². The maximum Gasteiger partial charge on any atom is 0.245 e. The zero-order valence-electron chi connectivity index (χ0n) is 30.9. The van der Waals surface area contributed by atoms with E-state index in [1.165, 1.54) is 55.2 Å². The number of ether oxygens (including phenoxy) is 1. The number of likely N-dealkylation sites (tertiary alicyclic amines) is 1. The van der Waals surface area contributed by atoms with Gasteiger partial charge < -0.3 is 15.0 Å². The number of benzene rings is 4. The van der Waals surface area contributed by atoms with Crippen molar-refractivity contribution in [3.05, 3.63) is 107 Å². The number of fused-ring (bicyclic) bond motifs is 1. The van der Waals surface area contributed by atoms with Crippen LogP contribution in [0.1, 0.15) is 76.1 Å². The highest BCUT2D eigenvalue weighted by molar-refractivity contribution is 7.89. The Balaban J connectivity index is 1.35. The van der Waals surface area contributed by atoms with Gasteiger partial charge in [0.15, 0.2) is 0 Å². The van der Waals surface area contributed by atoms with E-state index in [-0.39, 0.29) is 35.2 Å². The van der Waals surface area contributed by atoms with Crippen LogP contribution >= 0.6 is 0 Å². The van der Waals surface area contributed by atoms with Crippen LogP contribution < -0.4 is 14.8 Å². The zero-order chi connectivity index (χ0) is 37.6. The Morgan fingerprint density at radius 3 is 2.23 bits per heavy atom. The Kier molecular flexibility index (Phi) is 12.7. The van der Waals surface area contributed by atoms with Gasteiger partial charge in [-0.2, -0.15) is 0 Å². The Labute approximate surface area is 307 Å². The molecule has 0 bridgehead atoms. The fraction of sp³-hybridized carbons (Fsp3) is 0.415. The van der Waals surface area contributed by atoms with Gasteiger partial charge in [-0.1, -0.05) is 55.0 Å². The second-order valence-corrected chi connectivity index (χ2v) is 16.0. The van der Waals surface area contributed by atoms with Gasteiger partial charge in [-0.25, -0.2) is 17.5 Å². The second kappa shape index (κ2) is 17.0. The Morgan fingerprint density at radius 2 is 1.58 bits per heavy atom. The lowest BCUT2D eigenvalue weighted by Gasteiger charge is -2.39. The molecular formula is C41H51FN4O5S. The maximum absolute atomic E-state index is 14.4.